The normalized spacial score (nSPS) is 18.5. The molecule has 1 aromatic carbocycles. The predicted molar refractivity (Wildman–Crippen MR) is 97.7 cm³/mol. The van der Waals surface area contributed by atoms with Crippen molar-refractivity contribution in [3.8, 4) is 11.4 Å². The van der Waals surface area contributed by atoms with Gasteiger partial charge >= 0.3 is 0 Å². The highest BCUT2D eigenvalue weighted by atomic mass is 16.2. The van der Waals surface area contributed by atoms with Gasteiger partial charge in [0.1, 0.15) is 5.82 Å². The zero-order valence-electron chi connectivity index (χ0n) is 14.4. The van der Waals surface area contributed by atoms with Gasteiger partial charge in [-0.05, 0) is 43.0 Å². The van der Waals surface area contributed by atoms with Crippen LogP contribution in [0.1, 0.15) is 30.1 Å². The quantitative estimate of drug-likeness (QED) is 0.716. The third kappa shape index (κ3) is 2.33. The number of nitrogens with zero attached hydrogens (tertiary/aromatic N) is 5. The number of hydrogen-bond acceptors (Lipinski definition) is 4. The van der Waals surface area contributed by atoms with Gasteiger partial charge in [-0.15, -0.1) is 10.2 Å². The van der Waals surface area contributed by atoms with Crippen LogP contribution in [-0.2, 0) is 17.8 Å². The van der Waals surface area contributed by atoms with E-state index in [1.165, 1.54) is 5.56 Å². The number of carbonyl (C=O) groups is 1. The van der Waals surface area contributed by atoms with Crippen LogP contribution in [0.3, 0.4) is 0 Å². The van der Waals surface area contributed by atoms with Gasteiger partial charge in [0.05, 0.1) is 5.92 Å². The summed E-state index contributed by atoms with van der Waals surface area (Å²) in [6, 6.07) is 12.0. The molecule has 0 saturated carbocycles. The second kappa shape index (κ2) is 6.05. The molecule has 0 aliphatic carbocycles. The maximum Gasteiger partial charge on any atom is 0.237 e. The van der Waals surface area contributed by atoms with E-state index >= 15 is 0 Å². The lowest BCUT2D eigenvalue weighted by atomic mass is 9.97. The number of hydrogen-bond donors (Lipinski definition) is 0. The van der Waals surface area contributed by atoms with Gasteiger partial charge in [-0.1, -0.05) is 18.2 Å². The molecule has 2 aromatic heterocycles. The molecular weight excluding hydrogens is 326 g/mol. The van der Waals surface area contributed by atoms with E-state index in [9.17, 15) is 4.79 Å². The maximum atomic E-state index is 13.3. The molecule has 0 saturated heterocycles. The maximum absolute atomic E-state index is 13.3. The van der Waals surface area contributed by atoms with Gasteiger partial charge in [0.25, 0.3) is 0 Å². The summed E-state index contributed by atoms with van der Waals surface area (Å²) >= 11 is 0. The fraction of sp³-hybridized carbons (Fsp3) is 0.300. The Bertz CT molecular complexity index is 965. The molecule has 5 rings (SSSR count). The van der Waals surface area contributed by atoms with Crippen molar-refractivity contribution >= 4 is 11.6 Å². The predicted octanol–water partition coefficient (Wildman–Crippen LogP) is 2.81. The van der Waals surface area contributed by atoms with Crippen LogP contribution in [0.4, 0.5) is 5.69 Å². The Morgan fingerprint density at radius 2 is 1.88 bits per heavy atom. The molecule has 26 heavy (non-hydrogen) atoms. The molecule has 3 aromatic rings. The first-order chi connectivity index (χ1) is 12.8. The molecule has 4 heterocycles. The van der Waals surface area contributed by atoms with Gasteiger partial charge in [0.15, 0.2) is 5.82 Å². The van der Waals surface area contributed by atoms with Gasteiger partial charge in [-0.25, -0.2) is 0 Å². The lowest BCUT2D eigenvalue weighted by molar-refractivity contribution is -0.120. The summed E-state index contributed by atoms with van der Waals surface area (Å²) in [5, 5.41) is 8.79. The van der Waals surface area contributed by atoms with Crippen molar-refractivity contribution in [1.82, 2.24) is 19.7 Å². The molecule has 6 nitrogen and oxygen atoms in total. The lowest BCUT2D eigenvalue weighted by Crippen LogP contribution is -2.36. The number of fused-ring (bicyclic) bond motifs is 2. The van der Waals surface area contributed by atoms with E-state index in [-0.39, 0.29) is 11.8 Å². The number of aromatic nitrogens is 4. The Morgan fingerprint density at radius 1 is 1.04 bits per heavy atom. The first-order valence-electron chi connectivity index (χ1n) is 9.06. The Hall–Kier alpha value is -3.02. The Balaban J connectivity index is 1.50. The lowest BCUT2D eigenvalue weighted by Gasteiger charge is -2.27. The second-order valence-corrected chi connectivity index (χ2v) is 6.83. The summed E-state index contributed by atoms with van der Waals surface area (Å²) < 4.78 is 2.10. The standard InChI is InChI=1S/C20H19N5O/c26-20(24-13-9-14-4-1-2-6-17(14)24)16-5-3-12-25-18(22-23-19(16)25)15-7-10-21-11-8-15/h1-2,4,6-8,10-11,16H,3,5,9,12-13H2. The number of benzene rings is 1. The smallest absolute Gasteiger partial charge is 0.237 e. The van der Waals surface area contributed by atoms with Gasteiger partial charge < -0.3 is 9.47 Å². The minimum absolute atomic E-state index is 0.143. The van der Waals surface area contributed by atoms with Crippen molar-refractivity contribution in [3.63, 3.8) is 0 Å². The number of anilines is 1. The molecule has 0 radical (unpaired) electrons. The second-order valence-electron chi connectivity index (χ2n) is 6.83. The molecule has 2 aliphatic rings. The topological polar surface area (TPSA) is 63.9 Å². The molecule has 0 N–H and O–H groups in total. The largest absolute Gasteiger partial charge is 0.311 e. The third-order valence-corrected chi connectivity index (χ3v) is 5.36. The van der Waals surface area contributed by atoms with Gasteiger partial charge in [0, 0.05) is 36.7 Å². The van der Waals surface area contributed by atoms with Crippen LogP contribution in [0.2, 0.25) is 0 Å². The molecule has 0 bridgehead atoms. The van der Waals surface area contributed by atoms with Crippen LogP contribution in [0, 0.1) is 0 Å². The van der Waals surface area contributed by atoms with Crippen molar-refractivity contribution in [2.75, 3.05) is 11.4 Å². The number of carbonyl (C=O) groups excluding carboxylic acids is 1. The van der Waals surface area contributed by atoms with E-state index in [0.29, 0.717) is 0 Å². The van der Waals surface area contributed by atoms with E-state index in [1.807, 2.05) is 35.2 Å². The minimum Gasteiger partial charge on any atom is -0.311 e. The van der Waals surface area contributed by atoms with E-state index in [1.54, 1.807) is 12.4 Å². The van der Waals surface area contributed by atoms with Crippen molar-refractivity contribution < 1.29 is 4.79 Å². The van der Waals surface area contributed by atoms with E-state index < -0.39 is 0 Å². The summed E-state index contributed by atoms with van der Waals surface area (Å²) in [7, 11) is 0. The van der Waals surface area contributed by atoms with Crippen LogP contribution < -0.4 is 4.90 Å². The zero-order chi connectivity index (χ0) is 17.5. The molecular formula is C20H19N5O. The number of rotatable bonds is 2. The van der Waals surface area contributed by atoms with Crippen LogP contribution >= 0.6 is 0 Å². The highest BCUT2D eigenvalue weighted by Crippen LogP contribution is 2.35. The molecule has 2 aliphatic heterocycles. The summed E-state index contributed by atoms with van der Waals surface area (Å²) in [6.45, 7) is 1.60. The molecule has 1 unspecified atom stereocenters. The fourth-order valence-electron chi connectivity index (χ4n) is 4.08. The number of amides is 1. The van der Waals surface area contributed by atoms with Crippen LogP contribution in [0.15, 0.2) is 48.8 Å². The van der Waals surface area contributed by atoms with Gasteiger partial charge in [0.2, 0.25) is 5.91 Å². The molecule has 0 spiro atoms. The Morgan fingerprint density at radius 3 is 2.77 bits per heavy atom. The average Bonchev–Trinajstić information content (AvgIpc) is 3.32. The van der Waals surface area contributed by atoms with Gasteiger partial charge in [-0.3, -0.25) is 9.78 Å². The Labute approximate surface area is 151 Å². The molecule has 6 heteroatoms. The summed E-state index contributed by atoms with van der Waals surface area (Å²) in [5.41, 5.74) is 3.28. The number of pyridine rings is 1. The highest BCUT2D eigenvalue weighted by molar-refractivity contribution is 5.99. The van der Waals surface area contributed by atoms with Crippen molar-refractivity contribution in [2.45, 2.75) is 31.7 Å². The first kappa shape index (κ1) is 15.3. The fourth-order valence-corrected chi connectivity index (χ4v) is 4.08. The highest BCUT2D eigenvalue weighted by Gasteiger charge is 2.36. The van der Waals surface area contributed by atoms with Crippen LogP contribution in [0.5, 0.6) is 0 Å². The zero-order valence-corrected chi connectivity index (χ0v) is 14.4. The van der Waals surface area contributed by atoms with Crippen molar-refractivity contribution in [3.05, 3.63) is 60.2 Å². The van der Waals surface area contributed by atoms with E-state index in [4.69, 9.17) is 0 Å². The summed E-state index contributed by atoms with van der Waals surface area (Å²) in [6.07, 6.45) is 6.21. The molecule has 1 atom stereocenters. The first-order valence-corrected chi connectivity index (χ1v) is 9.06. The number of para-hydroxylation sites is 1. The summed E-state index contributed by atoms with van der Waals surface area (Å²) in [4.78, 5) is 19.3. The van der Waals surface area contributed by atoms with E-state index in [0.717, 1.165) is 55.3 Å². The summed E-state index contributed by atoms with van der Waals surface area (Å²) in [5.74, 6) is 1.53. The minimum atomic E-state index is -0.224. The van der Waals surface area contributed by atoms with Gasteiger partial charge in [-0.2, -0.15) is 0 Å². The molecule has 130 valence electrons. The van der Waals surface area contributed by atoms with Crippen LogP contribution in [0.25, 0.3) is 11.4 Å². The SMILES string of the molecule is O=C(C1CCCn2c(-c3ccncc3)nnc21)N1CCc2ccccc21. The van der Waals surface area contributed by atoms with Crippen LogP contribution in [-0.4, -0.2) is 32.2 Å². The average molecular weight is 345 g/mol. The van der Waals surface area contributed by atoms with Crippen molar-refractivity contribution in [1.29, 1.82) is 0 Å². The molecule has 1 amide bonds. The monoisotopic (exact) mass is 345 g/mol. The molecule has 0 fully saturated rings. The van der Waals surface area contributed by atoms with Crippen molar-refractivity contribution in [2.24, 2.45) is 0 Å². The van der Waals surface area contributed by atoms with E-state index in [2.05, 4.69) is 25.8 Å². The third-order valence-electron chi connectivity index (χ3n) is 5.36. The Kier molecular flexibility index (Phi) is 3.55.